The van der Waals surface area contributed by atoms with E-state index in [2.05, 4.69) is 34.7 Å². The number of fused-ring (bicyclic) bond motifs is 1. The van der Waals surface area contributed by atoms with Crippen LogP contribution in [0.1, 0.15) is 22.9 Å². The van der Waals surface area contributed by atoms with Gasteiger partial charge in [0.2, 0.25) is 0 Å². The van der Waals surface area contributed by atoms with E-state index in [4.69, 9.17) is 0 Å². The van der Waals surface area contributed by atoms with Crippen LogP contribution in [-0.2, 0) is 13.0 Å². The fourth-order valence-corrected chi connectivity index (χ4v) is 3.25. The predicted octanol–water partition coefficient (Wildman–Crippen LogP) is 4.34. The summed E-state index contributed by atoms with van der Waals surface area (Å²) in [5.41, 5.74) is 2.84. The van der Waals surface area contributed by atoms with Gasteiger partial charge in [-0.05, 0) is 35.6 Å². The largest absolute Gasteiger partial charge is 0.364 e. The molecule has 4 heteroatoms. The predicted molar refractivity (Wildman–Crippen MR) is 87.5 cm³/mol. The number of thiophene rings is 1. The Balaban J connectivity index is 1.91. The number of hydrogen-bond acceptors (Lipinski definition) is 4. The Hall–Kier alpha value is -2.38. The van der Waals surface area contributed by atoms with Crippen molar-refractivity contribution < 1.29 is 0 Å². The van der Waals surface area contributed by atoms with Crippen LogP contribution >= 0.6 is 11.3 Å². The first-order valence-electron chi connectivity index (χ1n) is 6.91. The minimum atomic E-state index is 0.586. The zero-order valence-electron chi connectivity index (χ0n) is 11.8. The molecule has 0 radical (unpaired) electrons. The van der Waals surface area contributed by atoms with Crippen molar-refractivity contribution >= 4 is 28.1 Å². The molecule has 1 N–H and O–H groups in total. The molecular formula is C17H15N3S. The number of anilines is 1. The Morgan fingerprint density at radius 1 is 1.29 bits per heavy atom. The number of rotatable bonds is 4. The van der Waals surface area contributed by atoms with E-state index in [9.17, 15) is 5.26 Å². The highest BCUT2D eigenvalue weighted by Gasteiger charge is 2.08. The number of nitriles is 1. The molecule has 0 aliphatic rings. The van der Waals surface area contributed by atoms with Crippen LogP contribution in [0, 0.1) is 11.3 Å². The molecule has 0 spiro atoms. The number of benzene rings is 1. The van der Waals surface area contributed by atoms with Gasteiger partial charge in [0.15, 0.2) is 0 Å². The third-order valence-electron chi connectivity index (χ3n) is 3.48. The van der Waals surface area contributed by atoms with E-state index in [-0.39, 0.29) is 0 Å². The molecule has 0 unspecified atom stereocenters. The van der Waals surface area contributed by atoms with Gasteiger partial charge in [-0.2, -0.15) is 5.26 Å². The molecule has 0 saturated carbocycles. The van der Waals surface area contributed by atoms with Gasteiger partial charge in [0.25, 0.3) is 0 Å². The number of aryl methyl sites for hydroxylation is 1. The normalized spacial score (nSPS) is 10.5. The van der Waals surface area contributed by atoms with E-state index in [0.717, 1.165) is 17.3 Å². The van der Waals surface area contributed by atoms with E-state index in [1.54, 1.807) is 11.3 Å². The molecule has 0 saturated heterocycles. The first-order valence-corrected chi connectivity index (χ1v) is 7.78. The fraction of sp³-hybridized carbons (Fsp3) is 0.176. The second kappa shape index (κ2) is 5.94. The van der Waals surface area contributed by atoms with Gasteiger partial charge in [-0.15, -0.1) is 11.3 Å². The lowest BCUT2D eigenvalue weighted by molar-refractivity contribution is 1.07. The van der Waals surface area contributed by atoms with Gasteiger partial charge in [0, 0.05) is 10.3 Å². The monoisotopic (exact) mass is 293 g/mol. The highest BCUT2D eigenvalue weighted by Crippen LogP contribution is 2.22. The van der Waals surface area contributed by atoms with E-state index in [1.807, 2.05) is 30.3 Å². The maximum atomic E-state index is 9.31. The molecule has 0 amide bonds. The van der Waals surface area contributed by atoms with Crippen LogP contribution in [0.15, 0.2) is 41.8 Å². The third-order valence-corrected chi connectivity index (χ3v) is 4.44. The summed E-state index contributed by atoms with van der Waals surface area (Å²) in [5.74, 6) is 0.659. The highest BCUT2D eigenvalue weighted by atomic mass is 32.1. The van der Waals surface area contributed by atoms with Crippen molar-refractivity contribution in [2.24, 2.45) is 0 Å². The van der Waals surface area contributed by atoms with E-state index in [0.29, 0.717) is 17.9 Å². The summed E-state index contributed by atoms with van der Waals surface area (Å²) in [6, 6.07) is 14.1. The van der Waals surface area contributed by atoms with Gasteiger partial charge in [-0.3, -0.25) is 0 Å². The summed E-state index contributed by atoms with van der Waals surface area (Å²) in [5, 5.41) is 15.7. The lowest BCUT2D eigenvalue weighted by atomic mass is 10.1. The molecule has 0 bridgehead atoms. The topological polar surface area (TPSA) is 48.7 Å². The molecule has 0 fully saturated rings. The quantitative estimate of drug-likeness (QED) is 0.778. The average molecular weight is 293 g/mol. The number of pyridine rings is 1. The van der Waals surface area contributed by atoms with Crippen LogP contribution in [0.3, 0.4) is 0 Å². The van der Waals surface area contributed by atoms with Gasteiger partial charge in [0.1, 0.15) is 11.9 Å². The number of aromatic nitrogens is 1. The summed E-state index contributed by atoms with van der Waals surface area (Å²) in [6.45, 7) is 2.86. The van der Waals surface area contributed by atoms with Gasteiger partial charge < -0.3 is 5.32 Å². The lowest BCUT2D eigenvalue weighted by Gasteiger charge is -2.09. The summed E-state index contributed by atoms with van der Waals surface area (Å²) >= 11 is 1.74. The zero-order chi connectivity index (χ0) is 14.7. The fourth-order valence-electron chi connectivity index (χ4n) is 2.34. The highest BCUT2D eigenvalue weighted by molar-refractivity contribution is 7.10. The Labute approximate surface area is 127 Å². The molecule has 3 nitrogen and oxygen atoms in total. The maximum absolute atomic E-state index is 9.31. The van der Waals surface area contributed by atoms with Crippen molar-refractivity contribution in [2.45, 2.75) is 19.9 Å². The van der Waals surface area contributed by atoms with Crippen LogP contribution < -0.4 is 5.32 Å². The molecule has 0 aliphatic heterocycles. The van der Waals surface area contributed by atoms with Gasteiger partial charge in [-0.25, -0.2) is 4.98 Å². The molecular weight excluding hydrogens is 278 g/mol. The molecule has 1 aromatic carbocycles. The Kier molecular flexibility index (Phi) is 3.85. The van der Waals surface area contributed by atoms with Crippen LogP contribution in [0.2, 0.25) is 0 Å². The molecule has 104 valence electrons. The molecule has 21 heavy (non-hydrogen) atoms. The molecule has 2 heterocycles. The number of para-hydroxylation sites is 1. The summed E-state index contributed by atoms with van der Waals surface area (Å²) < 4.78 is 0. The molecule has 3 rings (SSSR count). The van der Waals surface area contributed by atoms with Gasteiger partial charge in [0.05, 0.1) is 17.6 Å². The first-order chi connectivity index (χ1) is 10.3. The Bertz CT molecular complexity index is 814. The molecule has 0 atom stereocenters. The van der Waals surface area contributed by atoms with Crippen molar-refractivity contribution in [3.8, 4) is 6.07 Å². The summed E-state index contributed by atoms with van der Waals surface area (Å²) in [6.07, 6.45) is 1.02. The Morgan fingerprint density at radius 2 is 2.14 bits per heavy atom. The zero-order valence-corrected chi connectivity index (χ0v) is 12.6. The van der Waals surface area contributed by atoms with Crippen molar-refractivity contribution in [1.82, 2.24) is 4.98 Å². The summed E-state index contributed by atoms with van der Waals surface area (Å²) in [4.78, 5) is 5.87. The maximum Gasteiger partial charge on any atom is 0.144 e. The standard InChI is InChI=1S/C17H15N3S/c1-2-12-7-8-21-16(12)11-19-17-14(10-18)9-13-5-3-4-6-15(13)20-17/h3-9H,2,11H2,1H3,(H,19,20). The van der Waals surface area contributed by atoms with Crippen LogP contribution in [0.25, 0.3) is 10.9 Å². The minimum Gasteiger partial charge on any atom is -0.364 e. The molecule has 3 aromatic rings. The van der Waals surface area contributed by atoms with E-state index < -0.39 is 0 Å². The second-order valence-electron chi connectivity index (χ2n) is 4.77. The number of hydrogen-bond donors (Lipinski definition) is 1. The van der Waals surface area contributed by atoms with E-state index >= 15 is 0 Å². The number of nitrogens with one attached hydrogen (secondary N) is 1. The van der Waals surface area contributed by atoms with Crippen LogP contribution in [-0.4, -0.2) is 4.98 Å². The Morgan fingerprint density at radius 3 is 2.95 bits per heavy atom. The van der Waals surface area contributed by atoms with E-state index in [1.165, 1.54) is 10.4 Å². The van der Waals surface area contributed by atoms with Gasteiger partial charge in [-0.1, -0.05) is 25.1 Å². The smallest absolute Gasteiger partial charge is 0.144 e. The van der Waals surface area contributed by atoms with Crippen molar-refractivity contribution in [3.63, 3.8) is 0 Å². The second-order valence-corrected chi connectivity index (χ2v) is 5.77. The van der Waals surface area contributed by atoms with Crippen molar-refractivity contribution in [2.75, 3.05) is 5.32 Å². The lowest BCUT2D eigenvalue weighted by Crippen LogP contribution is -2.04. The molecule has 2 aromatic heterocycles. The van der Waals surface area contributed by atoms with Crippen molar-refractivity contribution in [3.05, 3.63) is 57.8 Å². The van der Waals surface area contributed by atoms with Crippen molar-refractivity contribution in [1.29, 1.82) is 5.26 Å². The number of nitrogens with zero attached hydrogens (tertiary/aromatic N) is 2. The van der Waals surface area contributed by atoms with Crippen LogP contribution in [0.4, 0.5) is 5.82 Å². The first kappa shape index (κ1) is 13.6. The average Bonchev–Trinajstić information content (AvgIpc) is 2.99. The van der Waals surface area contributed by atoms with Crippen LogP contribution in [0.5, 0.6) is 0 Å². The minimum absolute atomic E-state index is 0.586. The summed E-state index contributed by atoms with van der Waals surface area (Å²) in [7, 11) is 0. The molecule has 0 aliphatic carbocycles. The SMILES string of the molecule is CCc1ccsc1CNc1nc2ccccc2cc1C#N. The third kappa shape index (κ3) is 2.74. The van der Waals surface area contributed by atoms with Gasteiger partial charge >= 0.3 is 0 Å².